The van der Waals surface area contributed by atoms with Gasteiger partial charge in [0.15, 0.2) is 29.2 Å². The number of nitrogens with zero attached hydrogens (tertiary/aromatic N) is 3. The van der Waals surface area contributed by atoms with Crippen molar-refractivity contribution in [3.8, 4) is 18.2 Å². The van der Waals surface area contributed by atoms with E-state index in [-0.39, 0.29) is 0 Å². The number of rotatable bonds is 3. The van der Waals surface area contributed by atoms with Gasteiger partial charge in [-0.05, 0) is 0 Å². The molecular weight excluding hydrogens is 276 g/mol. The highest BCUT2D eigenvalue weighted by atomic mass is 19.2. The minimum absolute atomic E-state index is 0.312. The highest BCUT2D eigenvalue weighted by Crippen LogP contribution is 2.32. The van der Waals surface area contributed by atoms with E-state index in [1.165, 1.54) is 18.2 Å². The van der Waals surface area contributed by atoms with Crippen molar-refractivity contribution in [1.82, 2.24) is 0 Å². The second kappa shape index (κ2) is 5.81. The van der Waals surface area contributed by atoms with Crippen LogP contribution in [-0.4, -0.2) is 6.21 Å². The zero-order chi connectivity index (χ0) is 15.4. The van der Waals surface area contributed by atoms with Crippen LogP contribution in [0.2, 0.25) is 0 Å². The molecular formula is C12H4F4N4. The zero-order valence-electron chi connectivity index (χ0n) is 9.59. The second-order valence-corrected chi connectivity index (χ2v) is 3.55. The molecule has 1 aromatic rings. The van der Waals surface area contributed by atoms with E-state index in [9.17, 15) is 17.6 Å². The molecule has 0 saturated carbocycles. The molecule has 0 fully saturated rings. The highest BCUT2D eigenvalue weighted by molar-refractivity contribution is 5.69. The molecule has 1 aromatic carbocycles. The molecule has 1 N–H and O–H groups in total. The predicted octanol–water partition coefficient (Wildman–Crippen LogP) is 2.63. The monoisotopic (exact) mass is 280 g/mol. The maximum Gasteiger partial charge on any atom is 0.167 e. The minimum atomic E-state index is -2.03. The van der Waals surface area contributed by atoms with Crippen LogP contribution in [0.25, 0.3) is 0 Å². The van der Waals surface area contributed by atoms with E-state index in [1.54, 1.807) is 0 Å². The fourth-order valence-electron chi connectivity index (χ4n) is 1.54. The Kier molecular flexibility index (Phi) is 4.40. The Morgan fingerprint density at radius 1 is 0.800 bits per heavy atom. The number of nitriles is 3. The van der Waals surface area contributed by atoms with Gasteiger partial charge in [0.25, 0.3) is 0 Å². The number of hydrogen-bond donors (Lipinski definition) is 1. The molecule has 8 heteroatoms. The largest absolute Gasteiger partial charge is 0.311 e. The molecule has 0 aliphatic carbocycles. The van der Waals surface area contributed by atoms with Gasteiger partial charge in [-0.15, -0.1) is 0 Å². The van der Waals surface area contributed by atoms with Crippen LogP contribution in [0.5, 0.6) is 0 Å². The summed E-state index contributed by atoms with van der Waals surface area (Å²) in [4.78, 5) is 0. The smallest absolute Gasteiger partial charge is 0.167 e. The fourth-order valence-corrected chi connectivity index (χ4v) is 1.54. The Hall–Kier alpha value is -2.92. The van der Waals surface area contributed by atoms with Crippen LogP contribution in [0.15, 0.2) is 0 Å². The molecule has 1 rings (SSSR count). The lowest BCUT2D eigenvalue weighted by Gasteiger charge is -2.13. The lowest BCUT2D eigenvalue weighted by Crippen LogP contribution is -2.14. The molecule has 0 aromatic heterocycles. The summed E-state index contributed by atoms with van der Waals surface area (Å²) < 4.78 is 54.8. The predicted molar refractivity (Wildman–Crippen MR) is 57.4 cm³/mol. The number of halogens is 4. The summed E-state index contributed by atoms with van der Waals surface area (Å²) in [7, 11) is 0. The first kappa shape index (κ1) is 15.1. The SMILES string of the molecule is N#CC(C#N)c1c(F)c(F)c(C(C#N)C=N)c(F)c1F. The summed E-state index contributed by atoms with van der Waals surface area (Å²) in [6.45, 7) is 0. The standard InChI is InChI=1S/C12H4F4N4/c13-9-7(5(1-17)2-18)10(14)12(16)8(11(9)15)6(3-19)4-20/h1,5-6,17H. The van der Waals surface area contributed by atoms with Crippen molar-refractivity contribution in [3.63, 3.8) is 0 Å². The van der Waals surface area contributed by atoms with E-state index >= 15 is 0 Å². The first-order chi connectivity index (χ1) is 9.44. The van der Waals surface area contributed by atoms with Crippen molar-refractivity contribution >= 4 is 6.21 Å². The third-order valence-corrected chi connectivity index (χ3v) is 2.49. The van der Waals surface area contributed by atoms with Crippen LogP contribution < -0.4 is 0 Å². The van der Waals surface area contributed by atoms with Gasteiger partial charge in [-0.25, -0.2) is 17.6 Å². The quantitative estimate of drug-likeness (QED) is 0.523. The molecule has 4 nitrogen and oxygen atoms in total. The number of benzene rings is 1. The lowest BCUT2D eigenvalue weighted by atomic mass is 9.93. The average Bonchev–Trinajstić information content (AvgIpc) is 2.46. The Labute approximate surface area is 110 Å². The molecule has 0 saturated heterocycles. The summed E-state index contributed by atoms with van der Waals surface area (Å²) in [5, 5.41) is 32.5. The van der Waals surface area contributed by atoms with Gasteiger partial charge in [0.1, 0.15) is 5.92 Å². The first-order valence-electron chi connectivity index (χ1n) is 4.99. The van der Waals surface area contributed by atoms with Crippen molar-refractivity contribution in [2.75, 3.05) is 0 Å². The molecule has 0 radical (unpaired) electrons. The van der Waals surface area contributed by atoms with E-state index in [2.05, 4.69) is 0 Å². The highest BCUT2D eigenvalue weighted by Gasteiger charge is 2.32. The van der Waals surface area contributed by atoms with Gasteiger partial charge in [0, 0.05) is 6.21 Å². The molecule has 100 valence electrons. The first-order valence-corrected chi connectivity index (χ1v) is 4.99. The van der Waals surface area contributed by atoms with Crippen molar-refractivity contribution in [2.45, 2.75) is 11.8 Å². The van der Waals surface area contributed by atoms with Crippen LogP contribution in [0.4, 0.5) is 17.6 Å². The van der Waals surface area contributed by atoms with Crippen LogP contribution >= 0.6 is 0 Å². The Morgan fingerprint density at radius 2 is 1.20 bits per heavy atom. The maximum absolute atomic E-state index is 13.7. The van der Waals surface area contributed by atoms with E-state index in [0.29, 0.717) is 6.21 Å². The van der Waals surface area contributed by atoms with Gasteiger partial charge in [0.05, 0.1) is 29.3 Å². The normalized spacial score (nSPS) is 11.3. The number of nitrogens with one attached hydrogen (secondary N) is 1. The van der Waals surface area contributed by atoms with E-state index < -0.39 is 46.2 Å². The van der Waals surface area contributed by atoms with Gasteiger partial charge < -0.3 is 5.41 Å². The van der Waals surface area contributed by atoms with Gasteiger partial charge in [-0.3, -0.25) is 0 Å². The van der Waals surface area contributed by atoms with Crippen LogP contribution in [0.1, 0.15) is 23.0 Å². The van der Waals surface area contributed by atoms with Gasteiger partial charge >= 0.3 is 0 Å². The third kappa shape index (κ3) is 2.17. The Morgan fingerprint density at radius 3 is 1.50 bits per heavy atom. The summed E-state index contributed by atoms with van der Waals surface area (Å²) in [5.41, 5.74) is -2.62. The molecule has 1 atom stereocenters. The maximum atomic E-state index is 13.7. The molecule has 20 heavy (non-hydrogen) atoms. The van der Waals surface area contributed by atoms with Crippen LogP contribution in [-0.2, 0) is 0 Å². The molecule has 0 spiro atoms. The van der Waals surface area contributed by atoms with Crippen LogP contribution in [0, 0.1) is 62.7 Å². The van der Waals surface area contributed by atoms with Crippen molar-refractivity contribution < 1.29 is 17.6 Å². The molecule has 0 bridgehead atoms. The van der Waals surface area contributed by atoms with E-state index in [1.807, 2.05) is 0 Å². The Bertz CT molecular complexity index is 650. The molecule has 1 unspecified atom stereocenters. The van der Waals surface area contributed by atoms with E-state index in [4.69, 9.17) is 21.2 Å². The van der Waals surface area contributed by atoms with Gasteiger partial charge in [0.2, 0.25) is 0 Å². The second-order valence-electron chi connectivity index (χ2n) is 3.55. The van der Waals surface area contributed by atoms with Crippen molar-refractivity contribution in [1.29, 1.82) is 21.2 Å². The lowest BCUT2D eigenvalue weighted by molar-refractivity contribution is 0.427. The minimum Gasteiger partial charge on any atom is -0.311 e. The van der Waals surface area contributed by atoms with Crippen molar-refractivity contribution in [2.24, 2.45) is 0 Å². The topological polar surface area (TPSA) is 95.2 Å². The number of hydrogen-bond acceptors (Lipinski definition) is 4. The van der Waals surface area contributed by atoms with E-state index in [0.717, 1.165) is 0 Å². The van der Waals surface area contributed by atoms with Gasteiger partial charge in [-0.2, -0.15) is 15.8 Å². The average molecular weight is 280 g/mol. The van der Waals surface area contributed by atoms with Crippen molar-refractivity contribution in [3.05, 3.63) is 34.4 Å². The molecule has 0 aliphatic rings. The summed E-state index contributed by atoms with van der Waals surface area (Å²) >= 11 is 0. The molecule has 0 amide bonds. The summed E-state index contributed by atoms with van der Waals surface area (Å²) in [6.07, 6.45) is 0.312. The summed E-state index contributed by atoms with van der Waals surface area (Å²) in [5.74, 6) is -11.5. The zero-order valence-corrected chi connectivity index (χ0v) is 9.59. The van der Waals surface area contributed by atoms with Crippen LogP contribution in [0.3, 0.4) is 0 Å². The fraction of sp³-hybridized carbons (Fsp3) is 0.167. The third-order valence-electron chi connectivity index (χ3n) is 2.49. The summed E-state index contributed by atoms with van der Waals surface area (Å²) in [6, 6.07) is 3.69. The molecule has 0 heterocycles. The Balaban J connectivity index is 3.77. The van der Waals surface area contributed by atoms with Gasteiger partial charge in [-0.1, -0.05) is 0 Å². The molecule has 0 aliphatic heterocycles.